The van der Waals surface area contributed by atoms with E-state index < -0.39 is 5.91 Å². The number of aromatic amines is 2. The van der Waals surface area contributed by atoms with E-state index in [4.69, 9.17) is 0 Å². The summed E-state index contributed by atoms with van der Waals surface area (Å²) in [6, 6.07) is 16.8. The highest BCUT2D eigenvalue weighted by Gasteiger charge is 2.16. The minimum atomic E-state index is -0.578. The van der Waals surface area contributed by atoms with Gasteiger partial charge in [-0.15, -0.1) is 10.2 Å². The molecular weight excluding hydrogens is 330 g/mol. The number of hydrogen-bond donors (Lipinski definition) is 3. The van der Waals surface area contributed by atoms with Gasteiger partial charge in [-0.25, -0.2) is 4.98 Å². The van der Waals surface area contributed by atoms with Crippen molar-refractivity contribution in [3.63, 3.8) is 0 Å². The van der Waals surface area contributed by atoms with Gasteiger partial charge in [0.25, 0.3) is 0 Å². The zero-order valence-electron chi connectivity index (χ0n) is 13.9. The lowest BCUT2D eigenvalue weighted by Crippen LogP contribution is -1.96. The van der Waals surface area contributed by atoms with Gasteiger partial charge in [-0.3, -0.25) is 4.79 Å². The Balaban J connectivity index is 1.65. The third-order valence-electron chi connectivity index (χ3n) is 4.03. The van der Waals surface area contributed by atoms with Crippen LogP contribution < -0.4 is 0 Å². The van der Waals surface area contributed by atoms with Crippen molar-refractivity contribution in [3.8, 4) is 17.3 Å². The summed E-state index contributed by atoms with van der Waals surface area (Å²) in [6.45, 7) is 1.76. The third-order valence-corrected chi connectivity index (χ3v) is 4.03. The fourth-order valence-electron chi connectivity index (χ4n) is 2.76. The van der Waals surface area contributed by atoms with Crippen molar-refractivity contribution in [3.05, 3.63) is 66.0 Å². The summed E-state index contributed by atoms with van der Waals surface area (Å²) in [5, 5.41) is 18.3. The second kappa shape index (κ2) is 6.29. The van der Waals surface area contributed by atoms with E-state index in [-0.39, 0.29) is 17.3 Å². The minimum absolute atomic E-state index is 0.133. The molecule has 2 heterocycles. The van der Waals surface area contributed by atoms with Crippen LogP contribution in [0.15, 0.2) is 64.8 Å². The largest absolute Gasteiger partial charge is 0.493 e. The van der Waals surface area contributed by atoms with Crippen LogP contribution >= 0.6 is 0 Å². The molecule has 26 heavy (non-hydrogen) atoms. The number of imidazole rings is 1. The molecule has 7 heteroatoms. The molecule has 2 aromatic carbocycles. The highest BCUT2D eigenvalue weighted by atomic mass is 16.3. The lowest BCUT2D eigenvalue weighted by atomic mass is 10.2. The molecule has 0 aliphatic carbocycles. The number of amides is 1. The number of aromatic nitrogens is 3. The molecule has 7 nitrogen and oxygen atoms in total. The molecule has 0 radical (unpaired) electrons. The van der Waals surface area contributed by atoms with Gasteiger partial charge in [0.05, 0.1) is 5.52 Å². The Morgan fingerprint density at radius 1 is 1.04 bits per heavy atom. The highest BCUT2D eigenvalue weighted by Crippen LogP contribution is 2.35. The van der Waals surface area contributed by atoms with E-state index in [9.17, 15) is 9.90 Å². The Morgan fingerprint density at radius 3 is 2.58 bits per heavy atom. The molecule has 0 spiro atoms. The number of nitrogens with zero attached hydrogens (tertiary/aromatic N) is 3. The van der Waals surface area contributed by atoms with Crippen LogP contribution in [0.2, 0.25) is 0 Å². The average Bonchev–Trinajstić information content (AvgIpc) is 3.20. The van der Waals surface area contributed by atoms with Crippen molar-refractivity contribution in [2.75, 3.05) is 0 Å². The first-order valence-corrected chi connectivity index (χ1v) is 8.01. The number of carbonyl (C=O) groups is 1. The van der Waals surface area contributed by atoms with Crippen molar-refractivity contribution < 1.29 is 9.90 Å². The smallest absolute Gasteiger partial charge is 0.315 e. The molecule has 0 fully saturated rings. The average molecular weight is 345 g/mol. The maximum Gasteiger partial charge on any atom is 0.315 e. The molecule has 0 aliphatic rings. The van der Waals surface area contributed by atoms with Crippen molar-refractivity contribution >= 4 is 22.5 Å². The Morgan fingerprint density at radius 2 is 1.77 bits per heavy atom. The first-order valence-electron chi connectivity index (χ1n) is 8.01. The van der Waals surface area contributed by atoms with Gasteiger partial charge in [-0.1, -0.05) is 48.5 Å². The molecule has 1 amide bonds. The van der Waals surface area contributed by atoms with E-state index in [0.29, 0.717) is 22.4 Å². The highest BCUT2D eigenvalue weighted by molar-refractivity contribution is 5.96. The number of benzene rings is 2. The van der Waals surface area contributed by atoms with Gasteiger partial charge in [0.1, 0.15) is 5.82 Å². The van der Waals surface area contributed by atoms with Gasteiger partial charge < -0.3 is 15.1 Å². The standard InChI is InChI=1S/C19H15N5O2/c1-11-15(22-17(20-11)12-7-3-2-4-8-12)19(26)24-23-16-13-9-5-6-10-14(13)21-18(16)25/h2-10,21,25H,1H3,(H,20,22). The number of aryl methyl sites for hydroxylation is 1. The number of aromatic hydroxyl groups is 1. The minimum Gasteiger partial charge on any atom is -0.493 e. The summed E-state index contributed by atoms with van der Waals surface area (Å²) in [5.74, 6) is -0.117. The summed E-state index contributed by atoms with van der Waals surface area (Å²) < 4.78 is 0. The molecule has 4 rings (SSSR count). The van der Waals surface area contributed by atoms with E-state index in [2.05, 4.69) is 25.2 Å². The summed E-state index contributed by atoms with van der Waals surface area (Å²) in [7, 11) is 0. The topological polar surface area (TPSA) is 106 Å². The monoisotopic (exact) mass is 345 g/mol. The number of carbonyl (C=O) groups excluding carboxylic acids is 1. The number of rotatable bonds is 3. The Hall–Kier alpha value is -3.74. The summed E-state index contributed by atoms with van der Waals surface area (Å²) >= 11 is 0. The number of H-pyrrole nitrogens is 2. The summed E-state index contributed by atoms with van der Waals surface area (Å²) in [5.41, 5.74) is 2.63. The molecule has 0 saturated carbocycles. The number of fused-ring (bicyclic) bond motifs is 1. The zero-order chi connectivity index (χ0) is 18.1. The van der Waals surface area contributed by atoms with Gasteiger partial charge in [-0.05, 0) is 13.0 Å². The third kappa shape index (κ3) is 2.75. The number of nitrogens with one attached hydrogen (secondary N) is 2. The fourth-order valence-corrected chi connectivity index (χ4v) is 2.76. The van der Waals surface area contributed by atoms with Crippen LogP contribution in [0, 0.1) is 6.92 Å². The zero-order valence-corrected chi connectivity index (χ0v) is 13.9. The predicted octanol–water partition coefficient (Wildman–Crippen LogP) is 4.50. The number of para-hydroxylation sites is 1. The van der Waals surface area contributed by atoms with Crippen LogP contribution in [0.1, 0.15) is 16.2 Å². The van der Waals surface area contributed by atoms with Crippen molar-refractivity contribution in [1.29, 1.82) is 0 Å². The first kappa shape index (κ1) is 15.8. The van der Waals surface area contributed by atoms with Gasteiger partial charge in [-0.2, -0.15) is 0 Å². The Labute approximate surface area is 148 Å². The molecule has 0 atom stereocenters. The van der Waals surface area contributed by atoms with Crippen LogP contribution in [-0.2, 0) is 0 Å². The van der Waals surface area contributed by atoms with Crippen LogP contribution in [0.3, 0.4) is 0 Å². The molecule has 0 saturated heterocycles. The normalized spacial score (nSPS) is 11.4. The molecule has 0 aliphatic heterocycles. The van der Waals surface area contributed by atoms with Crippen molar-refractivity contribution in [2.45, 2.75) is 6.92 Å². The van der Waals surface area contributed by atoms with Crippen LogP contribution in [0.5, 0.6) is 5.88 Å². The maximum atomic E-state index is 12.4. The van der Waals surface area contributed by atoms with Crippen LogP contribution in [-0.4, -0.2) is 26.0 Å². The van der Waals surface area contributed by atoms with E-state index >= 15 is 0 Å². The van der Waals surface area contributed by atoms with Crippen LogP contribution in [0.25, 0.3) is 22.3 Å². The van der Waals surface area contributed by atoms with E-state index in [0.717, 1.165) is 5.56 Å². The SMILES string of the molecule is Cc1[nH]c(-c2ccccc2)nc1C(=O)N=Nc1c(O)[nH]c2ccccc12. The lowest BCUT2D eigenvalue weighted by molar-refractivity contribution is 0.0990. The lowest BCUT2D eigenvalue weighted by Gasteiger charge is -1.93. The van der Waals surface area contributed by atoms with Crippen molar-refractivity contribution in [1.82, 2.24) is 15.0 Å². The van der Waals surface area contributed by atoms with Crippen molar-refractivity contribution in [2.24, 2.45) is 10.2 Å². The molecule has 3 N–H and O–H groups in total. The second-order valence-corrected chi connectivity index (χ2v) is 5.80. The molecule has 0 bridgehead atoms. The molecule has 128 valence electrons. The Kier molecular flexibility index (Phi) is 3.81. The second-order valence-electron chi connectivity index (χ2n) is 5.80. The summed E-state index contributed by atoms with van der Waals surface area (Å²) in [4.78, 5) is 22.6. The molecule has 0 unspecified atom stereocenters. The fraction of sp³-hybridized carbons (Fsp3) is 0.0526. The molecule has 4 aromatic rings. The van der Waals surface area contributed by atoms with Crippen LogP contribution in [0.4, 0.5) is 5.69 Å². The summed E-state index contributed by atoms with van der Waals surface area (Å²) in [6.07, 6.45) is 0. The quantitative estimate of drug-likeness (QED) is 0.476. The van der Waals surface area contributed by atoms with Gasteiger partial charge in [0.2, 0.25) is 5.88 Å². The molecular formula is C19H15N5O2. The van der Waals surface area contributed by atoms with Gasteiger partial charge in [0.15, 0.2) is 11.4 Å². The maximum absolute atomic E-state index is 12.4. The van der Waals surface area contributed by atoms with E-state index in [1.165, 1.54) is 0 Å². The van der Waals surface area contributed by atoms with Gasteiger partial charge in [0, 0.05) is 16.6 Å². The molecule has 2 aromatic heterocycles. The van der Waals surface area contributed by atoms with E-state index in [1.54, 1.807) is 19.1 Å². The Bertz CT molecular complexity index is 1130. The number of hydrogen-bond acceptors (Lipinski definition) is 4. The predicted molar refractivity (Wildman–Crippen MR) is 97.6 cm³/mol. The first-order chi connectivity index (χ1) is 12.6. The van der Waals surface area contributed by atoms with Gasteiger partial charge >= 0.3 is 5.91 Å². The number of azo groups is 1. The van der Waals surface area contributed by atoms with E-state index in [1.807, 2.05) is 42.5 Å².